The third-order valence-electron chi connectivity index (χ3n) is 6.94. The van der Waals surface area contributed by atoms with Crippen LogP contribution in [0.5, 0.6) is 0 Å². The van der Waals surface area contributed by atoms with Crippen molar-refractivity contribution in [3.05, 3.63) is 0 Å². The maximum absolute atomic E-state index is 12.2. The molecule has 0 saturated heterocycles. The molecule has 0 aliphatic heterocycles. The van der Waals surface area contributed by atoms with Gasteiger partial charge in [-0.3, -0.25) is 14.4 Å². The number of unbranched alkanes of at least 4 members (excludes halogenated alkanes) is 6. The lowest BCUT2D eigenvalue weighted by Gasteiger charge is -2.41. The lowest BCUT2D eigenvalue weighted by molar-refractivity contribution is -0.154. The molecule has 2 atom stereocenters. The lowest BCUT2D eigenvalue weighted by Crippen LogP contribution is -2.64. The van der Waals surface area contributed by atoms with Crippen molar-refractivity contribution >= 4 is 26.9 Å². The average Bonchev–Trinajstić information content (AvgIpc) is 2.77. The first kappa shape index (κ1) is 35.6. The topological polar surface area (TPSA) is 90.9 Å². The van der Waals surface area contributed by atoms with E-state index in [0.717, 1.165) is 25.2 Å². The number of amides is 1. The molecule has 1 N–H and O–H groups in total. The van der Waals surface area contributed by atoms with Crippen molar-refractivity contribution < 1.29 is 28.3 Å². The Kier molecular flexibility index (Phi) is 18.1. The number of hydrogen-bond acceptors (Lipinski definition) is 6. The standard InChI is InChI=1S/C29H57NO6Si/c1-10-11-12-15-18-26(28(5,6)7)19-16-13-14-17-20-27(36-37(8)9)29(30-23(2)31,21-34-24(3)32)22-35-25(4)33/h26-27,37H,10-22H2,1-9H3,(H,30,31). The van der Waals surface area contributed by atoms with E-state index in [4.69, 9.17) is 13.9 Å². The molecule has 0 bridgehead atoms. The highest BCUT2D eigenvalue weighted by Gasteiger charge is 2.43. The van der Waals surface area contributed by atoms with Crippen LogP contribution in [0.3, 0.4) is 0 Å². The molecule has 0 rings (SSSR count). The van der Waals surface area contributed by atoms with Gasteiger partial charge in [-0.15, -0.1) is 0 Å². The van der Waals surface area contributed by atoms with Crippen LogP contribution in [0.1, 0.15) is 119 Å². The van der Waals surface area contributed by atoms with E-state index in [2.05, 4.69) is 46.1 Å². The molecule has 0 spiro atoms. The number of nitrogens with one attached hydrogen (secondary N) is 1. The van der Waals surface area contributed by atoms with E-state index >= 15 is 0 Å². The van der Waals surface area contributed by atoms with E-state index in [9.17, 15) is 14.4 Å². The van der Waals surface area contributed by atoms with Crippen LogP contribution in [0.25, 0.3) is 0 Å². The molecular weight excluding hydrogens is 486 g/mol. The third kappa shape index (κ3) is 16.9. The van der Waals surface area contributed by atoms with Gasteiger partial charge in [0, 0.05) is 20.8 Å². The minimum Gasteiger partial charge on any atom is -0.463 e. The molecule has 0 aromatic carbocycles. The Labute approximate surface area is 228 Å². The summed E-state index contributed by atoms with van der Waals surface area (Å²) < 4.78 is 17.1. The van der Waals surface area contributed by atoms with E-state index in [0.29, 0.717) is 11.8 Å². The zero-order chi connectivity index (χ0) is 28.5. The van der Waals surface area contributed by atoms with E-state index in [-0.39, 0.29) is 19.1 Å². The Hall–Kier alpha value is -1.41. The minimum absolute atomic E-state index is 0.105. The summed E-state index contributed by atoms with van der Waals surface area (Å²) in [6, 6.07) is 0. The molecule has 218 valence electrons. The molecular formula is C29H57NO6Si. The van der Waals surface area contributed by atoms with Gasteiger partial charge < -0.3 is 19.2 Å². The molecule has 0 radical (unpaired) electrons. The largest absolute Gasteiger partial charge is 0.463 e. The van der Waals surface area contributed by atoms with Gasteiger partial charge in [0.05, 0.1) is 6.10 Å². The molecule has 0 fully saturated rings. The number of ether oxygens (including phenoxy) is 2. The van der Waals surface area contributed by atoms with Crippen molar-refractivity contribution in [1.29, 1.82) is 0 Å². The summed E-state index contributed by atoms with van der Waals surface area (Å²) in [5, 5.41) is 2.93. The molecule has 37 heavy (non-hydrogen) atoms. The van der Waals surface area contributed by atoms with Gasteiger partial charge in [0.1, 0.15) is 18.8 Å². The zero-order valence-corrected chi connectivity index (χ0v) is 26.5. The van der Waals surface area contributed by atoms with Gasteiger partial charge in [-0.2, -0.15) is 0 Å². The van der Waals surface area contributed by atoms with Crippen LogP contribution in [0.4, 0.5) is 0 Å². The Morgan fingerprint density at radius 3 is 1.59 bits per heavy atom. The first-order valence-corrected chi connectivity index (χ1v) is 17.2. The second-order valence-corrected chi connectivity index (χ2v) is 14.3. The Balaban J connectivity index is 5.21. The Morgan fingerprint density at radius 2 is 1.22 bits per heavy atom. The van der Waals surface area contributed by atoms with E-state index < -0.39 is 32.6 Å². The Morgan fingerprint density at radius 1 is 0.757 bits per heavy atom. The van der Waals surface area contributed by atoms with Gasteiger partial charge in [0.2, 0.25) is 5.91 Å². The van der Waals surface area contributed by atoms with E-state index in [1.807, 2.05) is 0 Å². The van der Waals surface area contributed by atoms with Crippen molar-refractivity contribution in [2.75, 3.05) is 13.2 Å². The summed E-state index contributed by atoms with van der Waals surface area (Å²) in [5.74, 6) is -0.458. The second-order valence-electron chi connectivity index (χ2n) is 12.0. The molecule has 2 unspecified atom stereocenters. The summed E-state index contributed by atoms with van der Waals surface area (Å²) in [4.78, 5) is 35.5. The van der Waals surface area contributed by atoms with Crippen LogP contribution in [-0.2, 0) is 28.3 Å². The SMILES string of the molecule is CCCCCCC(CCCCCCC(O[SiH](C)C)C(COC(C)=O)(COC(C)=O)NC(C)=O)C(C)(C)C. The summed E-state index contributed by atoms with van der Waals surface area (Å²) in [6.45, 7) is 17.3. The van der Waals surface area contributed by atoms with Crippen LogP contribution >= 0.6 is 0 Å². The molecule has 0 aliphatic carbocycles. The molecule has 1 amide bonds. The number of carbonyl (C=O) groups excluding carboxylic acids is 3. The summed E-state index contributed by atoms with van der Waals surface area (Å²) in [7, 11) is -1.52. The van der Waals surface area contributed by atoms with Crippen LogP contribution < -0.4 is 5.32 Å². The van der Waals surface area contributed by atoms with E-state index in [1.165, 1.54) is 65.7 Å². The molecule has 0 aromatic rings. The van der Waals surface area contributed by atoms with Gasteiger partial charge in [0.25, 0.3) is 0 Å². The van der Waals surface area contributed by atoms with Gasteiger partial charge in [-0.25, -0.2) is 0 Å². The predicted molar refractivity (Wildman–Crippen MR) is 153 cm³/mol. The van der Waals surface area contributed by atoms with Gasteiger partial charge in [-0.05, 0) is 43.7 Å². The fourth-order valence-electron chi connectivity index (χ4n) is 4.90. The van der Waals surface area contributed by atoms with Crippen molar-refractivity contribution in [3.63, 3.8) is 0 Å². The highest BCUT2D eigenvalue weighted by atomic mass is 28.3. The van der Waals surface area contributed by atoms with Crippen molar-refractivity contribution in [2.24, 2.45) is 11.3 Å². The van der Waals surface area contributed by atoms with Crippen LogP contribution in [-0.4, -0.2) is 51.7 Å². The highest BCUT2D eigenvalue weighted by Crippen LogP contribution is 2.35. The first-order chi connectivity index (χ1) is 17.2. The zero-order valence-electron chi connectivity index (χ0n) is 25.4. The van der Waals surface area contributed by atoms with Gasteiger partial charge in [-0.1, -0.05) is 79.1 Å². The van der Waals surface area contributed by atoms with Crippen LogP contribution in [0.2, 0.25) is 13.1 Å². The number of rotatable bonds is 20. The minimum atomic E-state index is -1.52. The fourth-order valence-corrected chi connectivity index (χ4v) is 5.95. The van der Waals surface area contributed by atoms with Gasteiger partial charge >= 0.3 is 11.9 Å². The van der Waals surface area contributed by atoms with Gasteiger partial charge in [0.15, 0.2) is 9.04 Å². The first-order valence-electron chi connectivity index (χ1n) is 14.4. The maximum atomic E-state index is 12.2. The molecule has 0 saturated carbocycles. The maximum Gasteiger partial charge on any atom is 0.302 e. The molecule has 0 heterocycles. The van der Waals surface area contributed by atoms with Crippen molar-refractivity contribution in [1.82, 2.24) is 5.32 Å². The van der Waals surface area contributed by atoms with Crippen molar-refractivity contribution in [2.45, 2.75) is 144 Å². The smallest absolute Gasteiger partial charge is 0.302 e. The average molecular weight is 544 g/mol. The normalized spacial score (nSPS) is 13.8. The summed E-state index contributed by atoms with van der Waals surface area (Å²) >= 11 is 0. The molecule has 0 aliphatic rings. The number of carbonyl (C=O) groups is 3. The Bertz CT molecular complexity index is 643. The predicted octanol–water partition coefficient (Wildman–Crippen LogP) is 6.33. The van der Waals surface area contributed by atoms with Crippen molar-refractivity contribution in [3.8, 4) is 0 Å². The fraction of sp³-hybridized carbons (Fsp3) is 0.897. The molecule has 7 nitrogen and oxygen atoms in total. The monoisotopic (exact) mass is 543 g/mol. The van der Waals surface area contributed by atoms with E-state index in [1.54, 1.807) is 0 Å². The summed E-state index contributed by atoms with van der Waals surface area (Å²) in [6.07, 6.45) is 12.4. The molecule has 8 heteroatoms. The lowest BCUT2D eigenvalue weighted by atomic mass is 9.75. The molecule has 0 aromatic heterocycles. The second kappa shape index (κ2) is 18.8. The summed E-state index contributed by atoms with van der Waals surface area (Å²) in [5.41, 5.74) is -0.783. The van der Waals surface area contributed by atoms with Crippen LogP contribution in [0, 0.1) is 11.3 Å². The highest BCUT2D eigenvalue weighted by molar-refractivity contribution is 6.48. The quantitative estimate of drug-likeness (QED) is 0.110. The van der Waals surface area contributed by atoms with Crippen LogP contribution in [0.15, 0.2) is 0 Å². The number of esters is 2. The third-order valence-corrected chi connectivity index (χ3v) is 7.82. The number of hydrogen-bond donors (Lipinski definition) is 1.